The molecule has 0 bridgehead atoms. The van der Waals surface area contributed by atoms with Crippen LogP contribution in [-0.4, -0.2) is 31.4 Å². The first-order valence-electron chi connectivity index (χ1n) is 7.70. The van der Waals surface area contributed by atoms with Crippen LogP contribution in [0.5, 0.6) is 0 Å². The Morgan fingerprint density at radius 3 is 2.77 bits per heavy atom. The largest absolute Gasteiger partial charge is 0.466 e. The molecule has 4 nitrogen and oxygen atoms in total. The van der Waals surface area contributed by atoms with Gasteiger partial charge in [-0.05, 0) is 25.3 Å². The van der Waals surface area contributed by atoms with E-state index in [2.05, 4.69) is 37.8 Å². The summed E-state index contributed by atoms with van der Waals surface area (Å²) in [5, 5.41) is 0. The van der Waals surface area contributed by atoms with Crippen LogP contribution in [0.4, 0.5) is 0 Å². The van der Waals surface area contributed by atoms with Gasteiger partial charge in [-0.15, -0.1) is 0 Å². The molecule has 118 valence electrons. The molecule has 1 aromatic carbocycles. The summed E-state index contributed by atoms with van der Waals surface area (Å²) in [6.07, 6.45) is 2.19. The summed E-state index contributed by atoms with van der Waals surface area (Å²) >= 11 is 0. The zero-order valence-corrected chi connectivity index (χ0v) is 13.1. The highest BCUT2D eigenvalue weighted by Gasteiger charge is 2.55. The molecular formula is C18H22O4. The van der Waals surface area contributed by atoms with E-state index in [9.17, 15) is 4.79 Å². The molecule has 0 saturated carbocycles. The summed E-state index contributed by atoms with van der Waals surface area (Å²) in [5.41, 5.74) is 1.94. The van der Waals surface area contributed by atoms with Crippen molar-refractivity contribution >= 4 is 5.97 Å². The van der Waals surface area contributed by atoms with Gasteiger partial charge in [-0.2, -0.15) is 0 Å². The third-order valence-corrected chi connectivity index (χ3v) is 4.70. The fourth-order valence-electron chi connectivity index (χ4n) is 3.42. The standard InChI is InChI=1S/C18H22O4/c1-12-6-8-14(9-7-12)15-11-18(13(2)17(19)20-3)16(22-15)5-4-10-21-18/h6-9,15-16H,2,4-5,10-11H2,1,3H3/t15?,16?,18-/m1/s1. The van der Waals surface area contributed by atoms with Crippen molar-refractivity contribution in [2.24, 2.45) is 0 Å². The van der Waals surface area contributed by atoms with Crippen LogP contribution in [0.25, 0.3) is 0 Å². The lowest BCUT2D eigenvalue weighted by Gasteiger charge is -2.38. The van der Waals surface area contributed by atoms with Gasteiger partial charge < -0.3 is 14.2 Å². The van der Waals surface area contributed by atoms with Crippen molar-refractivity contribution in [2.45, 2.75) is 44.0 Å². The van der Waals surface area contributed by atoms with Crippen molar-refractivity contribution in [3.8, 4) is 0 Å². The minimum absolute atomic E-state index is 0.0786. The summed E-state index contributed by atoms with van der Waals surface area (Å²) in [7, 11) is 1.37. The molecule has 2 aliphatic rings. The van der Waals surface area contributed by atoms with Crippen molar-refractivity contribution in [2.75, 3.05) is 13.7 Å². The van der Waals surface area contributed by atoms with Crippen molar-refractivity contribution in [1.29, 1.82) is 0 Å². The Morgan fingerprint density at radius 2 is 2.09 bits per heavy atom. The van der Waals surface area contributed by atoms with Crippen LogP contribution in [0, 0.1) is 6.92 Å². The summed E-state index contributed by atoms with van der Waals surface area (Å²) in [4.78, 5) is 12.0. The molecule has 2 unspecified atom stereocenters. The minimum Gasteiger partial charge on any atom is -0.466 e. The van der Waals surface area contributed by atoms with Gasteiger partial charge in [-0.25, -0.2) is 4.79 Å². The molecule has 0 radical (unpaired) electrons. The maximum Gasteiger partial charge on any atom is 0.336 e. The Labute approximate surface area is 131 Å². The minimum atomic E-state index is -0.749. The van der Waals surface area contributed by atoms with Gasteiger partial charge in [-0.1, -0.05) is 36.4 Å². The van der Waals surface area contributed by atoms with Crippen LogP contribution >= 0.6 is 0 Å². The lowest BCUT2D eigenvalue weighted by Crippen LogP contribution is -2.48. The maximum absolute atomic E-state index is 12.0. The van der Waals surface area contributed by atoms with E-state index in [0.29, 0.717) is 18.6 Å². The molecule has 22 heavy (non-hydrogen) atoms. The Balaban J connectivity index is 1.89. The molecule has 2 saturated heterocycles. The highest BCUT2D eigenvalue weighted by atomic mass is 16.6. The zero-order chi connectivity index (χ0) is 15.7. The third-order valence-electron chi connectivity index (χ3n) is 4.70. The first-order chi connectivity index (χ1) is 10.6. The van der Waals surface area contributed by atoms with Gasteiger partial charge in [0.2, 0.25) is 0 Å². The third kappa shape index (κ3) is 2.46. The van der Waals surface area contributed by atoms with Gasteiger partial charge in [0.1, 0.15) is 5.60 Å². The van der Waals surface area contributed by atoms with E-state index in [1.165, 1.54) is 12.7 Å². The normalized spacial score (nSPS) is 30.6. The van der Waals surface area contributed by atoms with Crippen LogP contribution in [0.15, 0.2) is 36.4 Å². The number of hydrogen-bond acceptors (Lipinski definition) is 4. The fraction of sp³-hybridized carbons (Fsp3) is 0.500. The van der Waals surface area contributed by atoms with Crippen LogP contribution in [-0.2, 0) is 19.0 Å². The number of methoxy groups -OCH3 is 1. The van der Waals surface area contributed by atoms with E-state index in [1.807, 2.05) is 0 Å². The quantitative estimate of drug-likeness (QED) is 0.636. The zero-order valence-electron chi connectivity index (χ0n) is 13.1. The topological polar surface area (TPSA) is 44.8 Å². The molecule has 0 aromatic heterocycles. The summed E-state index contributed by atoms with van der Waals surface area (Å²) in [6, 6.07) is 8.30. The lowest BCUT2D eigenvalue weighted by atomic mass is 9.81. The molecule has 2 fully saturated rings. The Bertz CT molecular complexity index is 577. The second-order valence-corrected chi connectivity index (χ2v) is 6.08. The van der Waals surface area contributed by atoms with Crippen LogP contribution in [0.2, 0.25) is 0 Å². The SMILES string of the molecule is C=C(C(=O)OC)[C@]12CC(c3ccc(C)cc3)OC1CCCO2. The molecule has 2 heterocycles. The number of ether oxygens (including phenoxy) is 3. The number of esters is 1. The Hall–Kier alpha value is -1.65. The van der Waals surface area contributed by atoms with Gasteiger partial charge in [0.05, 0.1) is 24.9 Å². The fourth-order valence-corrected chi connectivity index (χ4v) is 3.42. The number of aryl methyl sites for hydroxylation is 1. The molecular weight excluding hydrogens is 280 g/mol. The van der Waals surface area contributed by atoms with Crippen molar-refractivity contribution in [1.82, 2.24) is 0 Å². The van der Waals surface area contributed by atoms with E-state index in [1.54, 1.807) is 0 Å². The number of benzene rings is 1. The molecule has 0 aliphatic carbocycles. The van der Waals surface area contributed by atoms with Gasteiger partial charge in [0, 0.05) is 13.0 Å². The molecule has 2 aliphatic heterocycles. The molecule has 0 N–H and O–H groups in total. The van der Waals surface area contributed by atoms with Gasteiger partial charge in [-0.3, -0.25) is 0 Å². The average Bonchev–Trinajstić information content (AvgIpc) is 2.94. The molecule has 0 spiro atoms. The van der Waals surface area contributed by atoms with Crippen molar-refractivity contribution in [3.05, 3.63) is 47.5 Å². The molecule has 3 atom stereocenters. The van der Waals surface area contributed by atoms with Gasteiger partial charge >= 0.3 is 5.97 Å². The van der Waals surface area contributed by atoms with Crippen LogP contribution in [0.3, 0.4) is 0 Å². The van der Waals surface area contributed by atoms with E-state index in [0.717, 1.165) is 18.4 Å². The summed E-state index contributed by atoms with van der Waals surface area (Å²) < 4.78 is 17.1. The monoisotopic (exact) mass is 302 g/mol. The number of hydrogen-bond donors (Lipinski definition) is 0. The molecule has 1 aromatic rings. The van der Waals surface area contributed by atoms with E-state index < -0.39 is 11.6 Å². The second-order valence-electron chi connectivity index (χ2n) is 6.08. The van der Waals surface area contributed by atoms with E-state index in [-0.39, 0.29) is 12.2 Å². The number of fused-ring (bicyclic) bond motifs is 1. The first-order valence-corrected chi connectivity index (χ1v) is 7.70. The Morgan fingerprint density at radius 1 is 1.36 bits per heavy atom. The van der Waals surface area contributed by atoms with Crippen LogP contribution < -0.4 is 0 Å². The number of carbonyl (C=O) groups is 1. The summed E-state index contributed by atoms with van der Waals surface area (Å²) in [6.45, 7) is 6.63. The maximum atomic E-state index is 12.0. The predicted octanol–water partition coefficient (Wildman–Crippen LogP) is 3.10. The molecule has 0 amide bonds. The first kappa shape index (κ1) is 15.3. The van der Waals surface area contributed by atoms with Crippen molar-refractivity contribution < 1.29 is 19.0 Å². The summed E-state index contributed by atoms with van der Waals surface area (Å²) in [5.74, 6) is -0.417. The number of carbonyl (C=O) groups excluding carboxylic acids is 1. The predicted molar refractivity (Wildman–Crippen MR) is 82.5 cm³/mol. The van der Waals surface area contributed by atoms with Crippen molar-refractivity contribution in [3.63, 3.8) is 0 Å². The highest BCUT2D eigenvalue weighted by Crippen LogP contribution is 2.49. The highest BCUT2D eigenvalue weighted by molar-refractivity contribution is 5.90. The van der Waals surface area contributed by atoms with E-state index in [4.69, 9.17) is 14.2 Å². The molecule has 4 heteroatoms. The average molecular weight is 302 g/mol. The molecule has 3 rings (SSSR count). The van der Waals surface area contributed by atoms with Gasteiger partial charge in [0.15, 0.2) is 0 Å². The number of rotatable bonds is 3. The van der Waals surface area contributed by atoms with E-state index >= 15 is 0 Å². The lowest BCUT2D eigenvalue weighted by molar-refractivity contribution is -0.146. The van der Waals surface area contributed by atoms with Gasteiger partial charge in [0.25, 0.3) is 0 Å². The second kappa shape index (κ2) is 5.86. The smallest absolute Gasteiger partial charge is 0.336 e. The Kier molecular flexibility index (Phi) is 4.06. The van der Waals surface area contributed by atoms with Crippen LogP contribution in [0.1, 0.15) is 36.5 Å².